The molecule has 17 heavy (non-hydrogen) atoms. The fourth-order valence-electron chi connectivity index (χ4n) is 1.07. The smallest absolute Gasteiger partial charge is 0.272 e. The Balaban J connectivity index is 2.73. The van der Waals surface area contributed by atoms with Crippen LogP contribution in [0.1, 0.15) is 0 Å². The molecule has 0 saturated carbocycles. The van der Waals surface area contributed by atoms with Gasteiger partial charge >= 0.3 is 0 Å². The summed E-state index contributed by atoms with van der Waals surface area (Å²) in [4.78, 5) is 20.1. The number of carbonyl (C=O) groups excluding carboxylic acids is 1. The number of aliphatic hydroxyl groups is 1. The molecule has 0 aliphatic heterocycles. The Morgan fingerprint density at radius 2 is 2.29 bits per heavy atom. The average Bonchev–Trinajstić information content (AvgIpc) is 2.26. The number of benzene rings is 1. The lowest BCUT2D eigenvalue weighted by Gasteiger charge is -2.10. The second-order valence-electron chi connectivity index (χ2n) is 3.22. The molecule has 0 aliphatic carbocycles. The largest absolute Gasteiger partial charge is 0.381 e. The summed E-state index contributed by atoms with van der Waals surface area (Å²) in [5, 5.41) is 21.8. The Hall–Kier alpha value is -2.22. The fourth-order valence-corrected chi connectivity index (χ4v) is 1.07. The Morgan fingerprint density at radius 3 is 2.76 bits per heavy atom. The minimum Gasteiger partial charge on any atom is -0.381 e. The van der Waals surface area contributed by atoms with Gasteiger partial charge < -0.3 is 16.2 Å². The first-order valence-electron chi connectivity index (χ1n) is 4.57. The highest BCUT2D eigenvalue weighted by atomic mass is 19.1. The highest BCUT2D eigenvalue weighted by molar-refractivity contribution is 5.79. The van der Waals surface area contributed by atoms with Gasteiger partial charge in [0.25, 0.3) is 5.69 Å². The molecule has 7 nitrogen and oxygen atoms in total. The number of aliphatic hydroxyl groups excluding tert-OH is 1. The summed E-state index contributed by atoms with van der Waals surface area (Å²) in [7, 11) is 0. The van der Waals surface area contributed by atoms with Crippen LogP contribution in [0, 0.1) is 15.9 Å². The van der Waals surface area contributed by atoms with E-state index >= 15 is 0 Å². The van der Waals surface area contributed by atoms with Crippen LogP contribution in [0.4, 0.5) is 15.8 Å². The molecule has 0 aliphatic rings. The third-order valence-electron chi connectivity index (χ3n) is 1.98. The zero-order valence-electron chi connectivity index (χ0n) is 8.59. The Morgan fingerprint density at radius 1 is 1.65 bits per heavy atom. The molecule has 0 bridgehead atoms. The van der Waals surface area contributed by atoms with Crippen LogP contribution in [0.25, 0.3) is 0 Å². The standard InChI is InChI=1S/C9H10FN3O4/c10-6-3-5(13(16)17)1-2-7(6)12-4-8(14)9(11)15/h1-3,8,12,14H,4H2,(H2,11,15). The van der Waals surface area contributed by atoms with Crippen molar-refractivity contribution in [3.05, 3.63) is 34.1 Å². The molecule has 0 heterocycles. The van der Waals surface area contributed by atoms with Crippen molar-refractivity contribution < 1.29 is 19.2 Å². The molecule has 0 fully saturated rings. The summed E-state index contributed by atoms with van der Waals surface area (Å²) in [6.07, 6.45) is -1.45. The minimum absolute atomic E-state index is 0.0594. The van der Waals surface area contributed by atoms with Crippen molar-refractivity contribution in [2.75, 3.05) is 11.9 Å². The van der Waals surface area contributed by atoms with E-state index in [-0.39, 0.29) is 17.9 Å². The van der Waals surface area contributed by atoms with Gasteiger partial charge in [0.2, 0.25) is 5.91 Å². The molecule has 4 N–H and O–H groups in total. The molecule has 1 unspecified atom stereocenters. The number of nitro groups is 1. The third-order valence-corrected chi connectivity index (χ3v) is 1.98. The molecule has 0 radical (unpaired) electrons. The average molecular weight is 243 g/mol. The molecule has 92 valence electrons. The van der Waals surface area contributed by atoms with Crippen molar-refractivity contribution in [3.63, 3.8) is 0 Å². The highest BCUT2D eigenvalue weighted by Crippen LogP contribution is 2.20. The van der Waals surface area contributed by atoms with Crippen LogP contribution in [0.5, 0.6) is 0 Å². The first kappa shape index (κ1) is 12.8. The number of nitrogens with two attached hydrogens (primary N) is 1. The first-order chi connectivity index (χ1) is 7.91. The van der Waals surface area contributed by atoms with Crippen LogP contribution < -0.4 is 11.1 Å². The number of nitrogens with one attached hydrogen (secondary N) is 1. The zero-order valence-corrected chi connectivity index (χ0v) is 8.59. The molecule has 1 aromatic rings. The molecule has 0 spiro atoms. The summed E-state index contributed by atoms with van der Waals surface area (Å²) in [5.41, 5.74) is 4.35. The highest BCUT2D eigenvalue weighted by Gasteiger charge is 2.13. The van der Waals surface area contributed by atoms with E-state index in [1.54, 1.807) is 0 Å². The van der Waals surface area contributed by atoms with Crippen molar-refractivity contribution in [1.29, 1.82) is 0 Å². The maximum Gasteiger partial charge on any atom is 0.272 e. The number of carbonyl (C=O) groups is 1. The summed E-state index contributed by atoms with van der Waals surface area (Å²) in [6.45, 7) is -0.274. The van der Waals surface area contributed by atoms with Gasteiger partial charge in [-0.3, -0.25) is 14.9 Å². The lowest BCUT2D eigenvalue weighted by molar-refractivity contribution is -0.385. The Bertz CT molecular complexity index is 452. The van der Waals surface area contributed by atoms with Gasteiger partial charge in [0.05, 0.1) is 16.7 Å². The second kappa shape index (κ2) is 5.21. The Kier molecular flexibility index (Phi) is 3.94. The topological polar surface area (TPSA) is 118 Å². The molecule has 1 amide bonds. The van der Waals surface area contributed by atoms with Crippen LogP contribution in [0.15, 0.2) is 18.2 Å². The summed E-state index contributed by atoms with van der Waals surface area (Å²) in [5.74, 6) is -1.80. The molecule has 1 atom stereocenters. The van der Waals surface area contributed by atoms with E-state index in [9.17, 15) is 19.3 Å². The fraction of sp³-hybridized carbons (Fsp3) is 0.222. The van der Waals surface area contributed by atoms with Crippen LogP contribution in [-0.2, 0) is 4.79 Å². The lowest BCUT2D eigenvalue weighted by Crippen LogP contribution is -2.34. The van der Waals surface area contributed by atoms with Gasteiger partial charge in [-0.1, -0.05) is 0 Å². The van der Waals surface area contributed by atoms with Gasteiger partial charge in [-0.05, 0) is 6.07 Å². The van der Waals surface area contributed by atoms with Crippen molar-refractivity contribution in [2.45, 2.75) is 6.10 Å². The third kappa shape index (κ3) is 3.38. The molecule has 1 aromatic carbocycles. The van der Waals surface area contributed by atoms with E-state index in [1.165, 1.54) is 0 Å². The molecule has 0 saturated heterocycles. The lowest BCUT2D eigenvalue weighted by atomic mass is 10.2. The van der Waals surface area contributed by atoms with E-state index in [0.29, 0.717) is 0 Å². The number of non-ortho nitro benzene ring substituents is 1. The van der Waals surface area contributed by atoms with Crippen molar-refractivity contribution in [3.8, 4) is 0 Å². The summed E-state index contributed by atoms with van der Waals surface area (Å²) >= 11 is 0. The van der Waals surface area contributed by atoms with Crippen molar-refractivity contribution in [1.82, 2.24) is 0 Å². The van der Waals surface area contributed by atoms with E-state index in [0.717, 1.165) is 18.2 Å². The van der Waals surface area contributed by atoms with Crippen LogP contribution in [-0.4, -0.2) is 28.6 Å². The predicted molar refractivity (Wildman–Crippen MR) is 56.7 cm³/mol. The minimum atomic E-state index is -1.45. The number of nitrogens with zero attached hydrogens (tertiary/aromatic N) is 1. The van der Waals surface area contributed by atoms with Gasteiger partial charge in [0.1, 0.15) is 6.10 Å². The van der Waals surface area contributed by atoms with E-state index in [1.807, 2.05) is 0 Å². The number of halogens is 1. The van der Waals surface area contributed by atoms with E-state index < -0.39 is 22.8 Å². The molecule has 1 rings (SSSR count). The number of amides is 1. The molecule has 8 heteroatoms. The van der Waals surface area contributed by atoms with Gasteiger partial charge in [-0.2, -0.15) is 0 Å². The van der Waals surface area contributed by atoms with Crippen molar-refractivity contribution >= 4 is 17.3 Å². The van der Waals surface area contributed by atoms with Crippen molar-refractivity contribution in [2.24, 2.45) is 5.73 Å². The van der Waals surface area contributed by atoms with E-state index in [4.69, 9.17) is 10.8 Å². The maximum absolute atomic E-state index is 13.3. The predicted octanol–water partition coefficient (Wildman–Crippen LogP) is -0.00800. The van der Waals surface area contributed by atoms with E-state index in [2.05, 4.69) is 5.32 Å². The summed E-state index contributed by atoms with van der Waals surface area (Å²) in [6, 6.07) is 2.97. The van der Waals surface area contributed by atoms with Gasteiger partial charge in [-0.15, -0.1) is 0 Å². The number of rotatable bonds is 5. The van der Waals surface area contributed by atoms with Crippen LogP contribution in [0.3, 0.4) is 0 Å². The molecular formula is C9H10FN3O4. The number of primary amides is 1. The van der Waals surface area contributed by atoms with Gasteiger partial charge in [-0.25, -0.2) is 4.39 Å². The Labute approximate surface area is 95.2 Å². The normalized spacial score (nSPS) is 11.9. The number of hydrogen-bond donors (Lipinski definition) is 3. The maximum atomic E-state index is 13.3. The van der Waals surface area contributed by atoms with Crippen LogP contribution in [0.2, 0.25) is 0 Å². The van der Waals surface area contributed by atoms with Crippen LogP contribution >= 0.6 is 0 Å². The zero-order chi connectivity index (χ0) is 13.0. The number of nitro benzene ring substituents is 1. The molecular weight excluding hydrogens is 233 g/mol. The molecule has 0 aromatic heterocycles. The quantitative estimate of drug-likeness (QED) is 0.496. The van der Waals surface area contributed by atoms with Gasteiger partial charge in [0.15, 0.2) is 5.82 Å². The SMILES string of the molecule is NC(=O)C(O)CNc1ccc([N+](=O)[O-])cc1F. The second-order valence-corrected chi connectivity index (χ2v) is 3.22. The monoisotopic (exact) mass is 243 g/mol. The first-order valence-corrected chi connectivity index (χ1v) is 4.57. The van der Waals surface area contributed by atoms with Gasteiger partial charge in [0, 0.05) is 12.6 Å². The number of anilines is 1. The summed E-state index contributed by atoms with van der Waals surface area (Å²) < 4.78 is 13.3. The number of hydrogen-bond acceptors (Lipinski definition) is 5.